The first-order valence-electron chi connectivity index (χ1n) is 10.3. The van der Waals surface area contributed by atoms with Gasteiger partial charge in [-0.25, -0.2) is 5.48 Å². The average molecular weight is 419 g/mol. The zero-order chi connectivity index (χ0) is 22.0. The van der Waals surface area contributed by atoms with Crippen LogP contribution in [0.25, 0.3) is 16.5 Å². The van der Waals surface area contributed by atoms with Crippen LogP contribution in [-0.4, -0.2) is 34.6 Å². The van der Waals surface area contributed by atoms with Gasteiger partial charge >= 0.3 is 0 Å². The van der Waals surface area contributed by atoms with Crippen molar-refractivity contribution >= 4 is 22.5 Å². The number of piperidine rings is 1. The number of fused-ring (bicyclic) bond motifs is 1. The number of aromatic nitrogens is 1. The zero-order valence-corrected chi connectivity index (χ0v) is 17.4. The molecule has 1 amide bonds. The highest BCUT2D eigenvalue weighted by Gasteiger charge is 2.33. The highest BCUT2D eigenvalue weighted by molar-refractivity contribution is 5.97. The van der Waals surface area contributed by atoms with Gasteiger partial charge in [0.1, 0.15) is 5.78 Å². The fourth-order valence-electron chi connectivity index (χ4n) is 4.08. The smallest absolute Gasteiger partial charge is 0.274 e. The Morgan fingerprint density at radius 2 is 1.81 bits per heavy atom. The summed E-state index contributed by atoms with van der Waals surface area (Å²) < 4.78 is 1.50. The molecule has 2 heterocycles. The molecule has 0 aliphatic carbocycles. The molecular formula is C24H25N3O4. The van der Waals surface area contributed by atoms with Gasteiger partial charge in [-0.15, -0.1) is 0 Å². The number of amides is 1. The predicted octanol–water partition coefficient (Wildman–Crippen LogP) is 2.61. The summed E-state index contributed by atoms with van der Waals surface area (Å²) >= 11 is 0. The Bertz CT molecular complexity index is 1190. The van der Waals surface area contributed by atoms with Crippen LogP contribution in [0.3, 0.4) is 0 Å². The Kier molecular flexibility index (Phi) is 5.71. The maximum Gasteiger partial charge on any atom is 0.274 e. The molecule has 160 valence electrons. The van der Waals surface area contributed by atoms with Gasteiger partial charge in [0, 0.05) is 34.7 Å². The Hall–Kier alpha value is -3.29. The molecule has 3 N–H and O–H groups in total. The highest BCUT2D eigenvalue weighted by Crippen LogP contribution is 2.30. The van der Waals surface area contributed by atoms with E-state index in [9.17, 15) is 14.4 Å². The molecule has 1 aliphatic rings. The van der Waals surface area contributed by atoms with E-state index in [0.29, 0.717) is 22.9 Å². The summed E-state index contributed by atoms with van der Waals surface area (Å²) in [4.78, 5) is 37.5. The summed E-state index contributed by atoms with van der Waals surface area (Å²) in [5, 5.41) is 13.2. The summed E-state index contributed by atoms with van der Waals surface area (Å²) in [6.45, 7) is 3.78. The van der Waals surface area contributed by atoms with E-state index in [1.807, 2.05) is 31.2 Å². The molecule has 4 rings (SSSR count). The summed E-state index contributed by atoms with van der Waals surface area (Å²) in [5.41, 5.74) is 2.83. The van der Waals surface area contributed by atoms with Crippen LogP contribution in [-0.2, 0) is 11.2 Å². The van der Waals surface area contributed by atoms with E-state index in [-0.39, 0.29) is 22.3 Å². The van der Waals surface area contributed by atoms with Gasteiger partial charge in [0.15, 0.2) is 0 Å². The minimum Gasteiger partial charge on any atom is -0.317 e. The lowest BCUT2D eigenvalue weighted by Gasteiger charge is -2.32. The Labute approximate surface area is 179 Å². The molecule has 0 spiro atoms. The molecule has 1 aliphatic heterocycles. The maximum absolute atomic E-state index is 13.0. The minimum absolute atomic E-state index is 0.199. The van der Waals surface area contributed by atoms with Crippen molar-refractivity contribution in [3.63, 3.8) is 0 Å². The van der Waals surface area contributed by atoms with Gasteiger partial charge in [0.2, 0.25) is 0 Å². The van der Waals surface area contributed by atoms with E-state index in [1.165, 1.54) is 10.6 Å². The number of hydrogen-bond acceptors (Lipinski definition) is 5. The normalized spacial score (nSPS) is 15.5. The van der Waals surface area contributed by atoms with Gasteiger partial charge in [-0.3, -0.25) is 24.2 Å². The molecule has 1 saturated heterocycles. The number of hydrogen-bond donors (Lipinski definition) is 3. The van der Waals surface area contributed by atoms with Crippen molar-refractivity contribution in [1.82, 2.24) is 15.4 Å². The molecule has 0 atom stereocenters. The SMILES string of the molecule is CC1(C(=O)Cc2ccc(-n3ccc4ccc(C(=O)NO)cc4c3=O)cc2)CCNCC1. The lowest BCUT2D eigenvalue weighted by Crippen LogP contribution is -2.40. The van der Waals surface area contributed by atoms with E-state index in [4.69, 9.17) is 5.21 Å². The first kappa shape index (κ1) is 21.0. The summed E-state index contributed by atoms with van der Waals surface area (Å²) in [5.74, 6) is -0.424. The molecule has 31 heavy (non-hydrogen) atoms. The second-order valence-corrected chi connectivity index (χ2v) is 8.31. The molecule has 0 unspecified atom stereocenters. The predicted molar refractivity (Wildman–Crippen MR) is 118 cm³/mol. The lowest BCUT2D eigenvalue weighted by molar-refractivity contribution is -0.128. The summed E-state index contributed by atoms with van der Waals surface area (Å²) in [6, 6.07) is 13.9. The average Bonchev–Trinajstić information content (AvgIpc) is 2.80. The summed E-state index contributed by atoms with van der Waals surface area (Å²) in [6.07, 6.45) is 3.77. The van der Waals surface area contributed by atoms with Gasteiger partial charge in [0.25, 0.3) is 11.5 Å². The molecule has 7 nitrogen and oxygen atoms in total. The number of Topliss-reactive ketones (excluding diaryl/α,β-unsaturated/α-hetero) is 1. The minimum atomic E-state index is -0.673. The second kappa shape index (κ2) is 8.45. The van der Waals surface area contributed by atoms with Crippen LogP contribution in [0.15, 0.2) is 59.5 Å². The third-order valence-electron chi connectivity index (χ3n) is 6.23. The van der Waals surface area contributed by atoms with Crippen LogP contribution in [0.4, 0.5) is 0 Å². The molecule has 3 aromatic rings. The Balaban J connectivity index is 1.60. The molecule has 0 bridgehead atoms. The number of rotatable bonds is 5. The van der Waals surface area contributed by atoms with Crippen LogP contribution in [0.1, 0.15) is 35.7 Å². The van der Waals surface area contributed by atoms with Gasteiger partial charge in [-0.05, 0) is 67.2 Å². The maximum atomic E-state index is 13.0. The van der Waals surface area contributed by atoms with Crippen molar-refractivity contribution in [3.05, 3.63) is 76.2 Å². The largest absolute Gasteiger partial charge is 0.317 e. The van der Waals surface area contributed by atoms with Crippen LogP contribution >= 0.6 is 0 Å². The second-order valence-electron chi connectivity index (χ2n) is 8.31. The van der Waals surface area contributed by atoms with E-state index < -0.39 is 5.91 Å². The molecule has 2 aromatic carbocycles. The molecule has 7 heteroatoms. The summed E-state index contributed by atoms with van der Waals surface area (Å²) in [7, 11) is 0. The number of ketones is 1. The number of carbonyl (C=O) groups excluding carboxylic acids is 2. The third-order valence-corrected chi connectivity index (χ3v) is 6.23. The van der Waals surface area contributed by atoms with Crippen LogP contribution in [0, 0.1) is 5.41 Å². The topological polar surface area (TPSA) is 100 Å². The molecule has 1 aromatic heterocycles. The first-order chi connectivity index (χ1) is 14.9. The first-order valence-corrected chi connectivity index (χ1v) is 10.3. The van der Waals surface area contributed by atoms with Crippen molar-refractivity contribution < 1.29 is 14.8 Å². The molecule has 0 saturated carbocycles. The van der Waals surface area contributed by atoms with E-state index >= 15 is 0 Å². The quantitative estimate of drug-likeness (QED) is 0.436. The van der Waals surface area contributed by atoms with Crippen molar-refractivity contribution in [2.75, 3.05) is 13.1 Å². The fourth-order valence-corrected chi connectivity index (χ4v) is 4.08. The molecule has 1 fully saturated rings. The van der Waals surface area contributed by atoms with Crippen LogP contribution in [0.5, 0.6) is 0 Å². The van der Waals surface area contributed by atoms with E-state index in [1.54, 1.807) is 29.9 Å². The van der Waals surface area contributed by atoms with Gasteiger partial charge in [0.05, 0.1) is 0 Å². The molecular weight excluding hydrogens is 394 g/mol. The number of carbonyl (C=O) groups is 2. The Morgan fingerprint density at radius 3 is 2.48 bits per heavy atom. The van der Waals surface area contributed by atoms with E-state index in [2.05, 4.69) is 5.32 Å². The van der Waals surface area contributed by atoms with Gasteiger partial charge in [-0.1, -0.05) is 25.1 Å². The number of hydroxylamine groups is 1. The van der Waals surface area contributed by atoms with Crippen LogP contribution < -0.4 is 16.4 Å². The van der Waals surface area contributed by atoms with Crippen molar-refractivity contribution in [1.29, 1.82) is 0 Å². The van der Waals surface area contributed by atoms with Crippen LogP contribution in [0.2, 0.25) is 0 Å². The lowest BCUT2D eigenvalue weighted by atomic mass is 9.75. The monoisotopic (exact) mass is 419 g/mol. The standard InChI is InChI=1S/C24H25N3O4/c1-24(9-11-25-12-10-24)21(28)14-16-2-6-19(7-3-16)27-13-8-17-4-5-18(22(29)26-31)15-20(17)23(27)30/h2-8,13,15,25,31H,9-12,14H2,1H3,(H,26,29). The number of nitrogens with zero attached hydrogens (tertiary/aromatic N) is 1. The number of nitrogens with one attached hydrogen (secondary N) is 2. The highest BCUT2D eigenvalue weighted by atomic mass is 16.5. The van der Waals surface area contributed by atoms with Crippen molar-refractivity contribution in [2.24, 2.45) is 5.41 Å². The van der Waals surface area contributed by atoms with Crippen molar-refractivity contribution in [2.45, 2.75) is 26.2 Å². The number of benzene rings is 2. The van der Waals surface area contributed by atoms with E-state index in [0.717, 1.165) is 31.5 Å². The third kappa shape index (κ3) is 4.15. The van der Waals surface area contributed by atoms with Gasteiger partial charge < -0.3 is 5.32 Å². The fraction of sp³-hybridized carbons (Fsp3) is 0.292. The van der Waals surface area contributed by atoms with Gasteiger partial charge in [-0.2, -0.15) is 0 Å². The number of pyridine rings is 1. The zero-order valence-electron chi connectivity index (χ0n) is 17.4. The van der Waals surface area contributed by atoms with Crippen molar-refractivity contribution in [3.8, 4) is 5.69 Å². The molecule has 0 radical (unpaired) electrons. The Morgan fingerprint density at radius 1 is 1.10 bits per heavy atom.